The highest BCUT2D eigenvalue weighted by molar-refractivity contribution is 5.32. The van der Waals surface area contributed by atoms with E-state index in [1.807, 2.05) is 31.2 Å². The van der Waals surface area contributed by atoms with Gasteiger partial charge < -0.3 is 15.2 Å². The normalized spacial score (nSPS) is 12.2. The molecule has 0 aliphatic heterocycles. The Bertz CT molecular complexity index is 289. The molecule has 1 atom stereocenters. The Kier molecular flexibility index (Phi) is 4.98. The first-order valence-corrected chi connectivity index (χ1v) is 5.32. The van der Waals surface area contributed by atoms with Crippen molar-refractivity contribution in [2.45, 2.75) is 13.8 Å². The van der Waals surface area contributed by atoms with E-state index in [1.165, 1.54) is 0 Å². The Morgan fingerprint density at radius 2 is 1.93 bits per heavy atom. The van der Waals surface area contributed by atoms with Crippen molar-refractivity contribution in [3.05, 3.63) is 24.3 Å². The van der Waals surface area contributed by atoms with E-state index in [0.29, 0.717) is 25.7 Å². The van der Waals surface area contributed by atoms with E-state index in [0.717, 1.165) is 11.5 Å². The van der Waals surface area contributed by atoms with Crippen LogP contribution in [0.5, 0.6) is 11.5 Å². The topological polar surface area (TPSA) is 44.5 Å². The van der Waals surface area contributed by atoms with Crippen LogP contribution in [0, 0.1) is 5.92 Å². The molecule has 0 radical (unpaired) electrons. The smallest absolute Gasteiger partial charge is 0.122 e. The van der Waals surface area contributed by atoms with Gasteiger partial charge >= 0.3 is 0 Å². The second kappa shape index (κ2) is 6.30. The first-order chi connectivity index (χ1) is 7.26. The fourth-order valence-electron chi connectivity index (χ4n) is 1.13. The molecule has 3 nitrogen and oxygen atoms in total. The van der Waals surface area contributed by atoms with E-state index < -0.39 is 0 Å². The Labute approximate surface area is 91.2 Å². The van der Waals surface area contributed by atoms with Gasteiger partial charge in [0.05, 0.1) is 13.2 Å². The minimum absolute atomic E-state index is 0.376. The summed E-state index contributed by atoms with van der Waals surface area (Å²) in [4.78, 5) is 0. The molecule has 15 heavy (non-hydrogen) atoms. The third-order valence-corrected chi connectivity index (χ3v) is 2.05. The highest BCUT2D eigenvalue weighted by Gasteiger charge is 2.01. The van der Waals surface area contributed by atoms with Gasteiger partial charge in [0.25, 0.3) is 0 Å². The molecule has 0 bridgehead atoms. The minimum Gasteiger partial charge on any atom is -0.494 e. The summed E-state index contributed by atoms with van der Waals surface area (Å²) in [6, 6.07) is 7.66. The van der Waals surface area contributed by atoms with Crippen LogP contribution in [0.4, 0.5) is 0 Å². The molecule has 1 rings (SSSR count). The number of nitrogens with two attached hydrogens (primary N) is 1. The highest BCUT2D eigenvalue weighted by atomic mass is 16.5. The lowest BCUT2D eigenvalue weighted by Gasteiger charge is -2.11. The van der Waals surface area contributed by atoms with Crippen LogP contribution in [-0.4, -0.2) is 19.8 Å². The number of hydrogen-bond donors (Lipinski definition) is 1. The molecular formula is C12H19NO2. The largest absolute Gasteiger partial charge is 0.494 e. The van der Waals surface area contributed by atoms with Gasteiger partial charge in [-0.2, -0.15) is 0 Å². The summed E-state index contributed by atoms with van der Waals surface area (Å²) >= 11 is 0. The van der Waals surface area contributed by atoms with Crippen molar-refractivity contribution in [2.75, 3.05) is 19.8 Å². The summed E-state index contributed by atoms with van der Waals surface area (Å²) in [5.74, 6) is 2.05. The fraction of sp³-hybridized carbons (Fsp3) is 0.500. The van der Waals surface area contributed by atoms with Gasteiger partial charge in [-0.05, 0) is 25.6 Å². The number of ether oxygens (including phenoxy) is 2. The Morgan fingerprint density at radius 1 is 1.27 bits per heavy atom. The third-order valence-electron chi connectivity index (χ3n) is 2.05. The van der Waals surface area contributed by atoms with Gasteiger partial charge in [-0.25, -0.2) is 0 Å². The Balaban J connectivity index is 2.50. The van der Waals surface area contributed by atoms with E-state index in [2.05, 4.69) is 6.92 Å². The molecule has 84 valence electrons. The van der Waals surface area contributed by atoms with Gasteiger partial charge in [0.1, 0.15) is 11.5 Å². The molecule has 1 aromatic carbocycles. The summed E-state index contributed by atoms with van der Waals surface area (Å²) < 4.78 is 11.0. The maximum absolute atomic E-state index is 5.59. The van der Waals surface area contributed by atoms with Crippen LogP contribution < -0.4 is 15.2 Å². The molecule has 0 saturated heterocycles. The van der Waals surface area contributed by atoms with Gasteiger partial charge in [0, 0.05) is 12.0 Å². The predicted octanol–water partition coefficient (Wildman–Crippen LogP) is 2.06. The van der Waals surface area contributed by atoms with Crippen molar-refractivity contribution in [3.63, 3.8) is 0 Å². The molecule has 2 N–H and O–H groups in total. The summed E-state index contributed by atoms with van der Waals surface area (Å²) in [7, 11) is 0. The second-order valence-electron chi connectivity index (χ2n) is 3.56. The second-order valence-corrected chi connectivity index (χ2v) is 3.56. The zero-order valence-corrected chi connectivity index (χ0v) is 9.40. The van der Waals surface area contributed by atoms with E-state index in [1.54, 1.807) is 0 Å². The lowest BCUT2D eigenvalue weighted by Crippen LogP contribution is -2.18. The fourth-order valence-corrected chi connectivity index (χ4v) is 1.13. The zero-order valence-electron chi connectivity index (χ0n) is 9.40. The van der Waals surface area contributed by atoms with Crippen molar-refractivity contribution in [1.29, 1.82) is 0 Å². The van der Waals surface area contributed by atoms with Gasteiger partial charge in [0.2, 0.25) is 0 Å². The molecule has 0 saturated carbocycles. The van der Waals surface area contributed by atoms with Crippen molar-refractivity contribution < 1.29 is 9.47 Å². The third kappa shape index (κ3) is 4.21. The van der Waals surface area contributed by atoms with Crippen LogP contribution in [0.1, 0.15) is 13.8 Å². The van der Waals surface area contributed by atoms with Crippen molar-refractivity contribution in [2.24, 2.45) is 11.7 Å². The van der Waals surface area contributed by atoms with Gasteiger partial charge in [-0.3, -0.25) is 0 Å². The van der Waals surface area contributed by atoms with Crippen LogP contribution >= 0.6 is 0 Å². The van der Waals surface area contributed by atoms with E-state index in [4.69, 9.17) is 15.2 Å². The standard InChI is InChI=1S/C12H19NO2/c1-3-14-11-5-4-6-12(7-11)15-9-10(2)8-13/h4-7,10H,3,8-9,13H2,1-2H3. The minimum atomic E-state index is 0.376. The first kappa shape index (κ1) is 11.9. The van der Waals surface area contributed by atoms with Crippen LogP contribution in [0.25, 0.3) is 0 Å². The molecule has 0 fully saturated rings. The van der Waals surface area contributed by atoms with Crippen molar-refractivity contribution >= 4 is 0 Å². The predicted molar refractivity (Wildman–Crippen MR) is 61.3 cm³/mol. The van der Waals surface area contributed by atoms with Gasteiger partial charge in [0.15, 0.2) is 0 Å². The number of rotatable bonds is 6. The average molecular weight is 209 g/mol. The first-order valence-electron chi connectivity index (χ1n) is 5.32. The van der Waals surface area contributed by atoms with E-state index in [9.17, 15) is 0 Å². The SMILES string of the molecule is CCOc1cccc(OCC(C)CN)c1. The maximum atomic E-state index is 5.59. The van der Waals surface area contributed by atoms with E-state index in [-0.39, 0.29) is 0 Å². The molecule has 0 aromatic heterocycles. The molecule has 0 heterocycles. The van der Waals surface area contributed by atoms with Crippen LogP contribution in [-0.2, 0) is 0 Å². The Hall–Kier alpha value is -1.22. The number of hydrogen-bond acceptors (Lipinski definition) is 3. The average Bonchev–Trinajstić information content (AvgIpc) is 2.27. The molecule has 0 spiro atoms. The van der Waals surface area contributed by atoms with Crippen molar-refractivity contribution in [3.8, 4) is 11.5 Å². The van der Waals surface area contributed by atoms with Crippen LogP contribution in [0.15, 0.2) is 24.3 Å². The molecule has 1 unspecified atom stereocenters. The monoisotopic (exact) mass is 209 g/mol. The molecule has 0 aliphatic rings. The quantitative estimate of drug-likeness (QED) is 0.780. The van der Waals surface area contributed by atoms with E-state index >= 15 is 0 Å². The molecule has 0 amide bonds. The molecule has 0 aliphatic carbocycles. The molecular weight excluding hydrogens is 190 g/mol. The summed E-state index contributed by atoms with van der Waals surface area (Å²) in [5, 5.41) is 0. The van der Waals surface area contributed by atoms with Crippen molar-refractivity contribution in [1.82, 2.24) is 0 Å². The maximum Gasteiger partial charge on any atom is 0.122 e. The Morgan fingerprint density at radius 3 is 2.53 bits per heavy atom. The summed E-state index contributed by atoms with van der Waals surface area (Å²) in [6.07, 6.45) is 0. The van der Waals surface area contributed by atoms with Crippen LogP contribution in [0.2, 0.25) is 0 Å². The lowest BCUT2D eigenvalue weighted by molar-refractivity contribution is 0.261. The van der Waals surface area contributed by atoms with Crippen LogP contribution in [0.3, 0.4) is 0 Å². The highest BCUT2D eigenvalue weighted by Crippen LogP contribution is 2.19. The lowest BCUT2D eigenvalue weighted by atomic mass is 10.2. The molecule has 3 heteroatoms. The van der Waals surface area contributed by atoms with Gasteiger partial charge in [-0.1, -0.05) is 13.0 Å². The summed E-state index contributed by atoms with van der Waals surface area (Å²) in [6.45, 7) is 5.98. The zero-order chi connectivity index (χ0) is 11.1. The molecule has 1 aromatic rings. The number of benzene rings is 1. The summed E-state index contributed by atoms with van der Waals surface area (Å²) in [5.41, 5.74) is 5.51. The van der Waals surface area contributed by atoms with Gasteiger partial charge in [-0.15, -0.1) is 0 Å².